The second kappa shape index (κ2) is 8.11. The minimum atomic E-state index is -0.260. The number of carbonyl (C=O) groups is 1. The zero-order valence-corrected chi connectivity index (χ0v) is 16.9. The molecule has 1 aliphatic heterocycles. The molecule has 2 aromatic carbocycles. The van der Waals surface area contributed by atoms with Gasteiger partial charge in [-0.05, 0) is 67.3 Å². The van der Waals surface area contributed by atoms with Gasteiger partial charge in [0.15, 0.2) is 0 Å². The highest BCUT2D eigenvalue weighted by Crippen LogP contribution is 2.29. The Morgan fingerprint density at radius 3 is 2.59 bits per heavy atom. The zero-order valence-electron chi connectivity index (χ0n) is 16.9. The fraction of sp³-hybridized carbons (Fsp3) is 0.292. The van der Waals surface area contributed by atoms with E-state index in [4.69, 9.17) is 0 Å². The van der Waals surface area contributed by atoms with Gasteiger partial charge in [-0.15, -0.1) is 0 Å². The number of amides is 1. The van der Waals surface area contributed by atoms with Crippen LogP contribution in [0.25, 0.3) is 0 Å². The molecule has 4 nitrogen and oxygen atoms in total. The molecule has 1 aromatic heterocycles. The fourth-order valence-electron chi connectivity index (χ4n) is 4.01. The van der Waals surface area contributed by atoms with E-state index < -0.39 is 0 Å². The third-order valence-electron chi connectivity index (χ3n) is 5.61. The Morgan fingerprint density at radius 1 is 1.07 bits per heavy atom. The Labute approximate surface area is 171 Å². The summed E-state index contributed by atoms with van der Waals surface area (Å²) in [5.41, 5.74) is 6.00. The maximum absolute atomic E-state index is 13.8. The van der Waals surface area contributed by atoms with Crippen LogP contribution >= 0.6 is 0 Å². The van der Waals surface area contributed by atoms with E-state index in [2.05, 4.69) is 45.2 Å². The topological polar surface area (TPSA) is 37.3 Å². The van der Waals surface area contributed by atoms with E-state index in [1.54, 1.807) is 18.2 Å². The van der Waals surface area contributed by atoms with Crippen molar-refractivity contribution in [2.45, 2.75) is 39.8 Å². The first-order valence-corrected chi connectivity index (χ1v) is 10.0. The summed E-state index contributed by atoms with van der Waals surface area (Å²) in [5, 5.41) is 3.03. The molecule has 150 valence electrons. The second-order valence-corrected chi connectivity index (χ2v) is 7.71. The smallest absolute Gasteiger partial charge is 0.224 e. The lowest BCUT2D eigenvalue weighted by molar-refractivity contribution is -0.116. The molecule has 0 radical (unpaired) electrons. The Hall–Kier alpha value is -3.08. The van der Waals surface area contributed by atoms with E-state index in [0.717, 1.165) is 36.4 Å². The summed E-state index contributed by atoms with van der Waals surface area (Å²) in [6, 6.07) is 15.1. The number of hydrogen-bond donors (Lipinski definition) is 1. The number of halogens is 1. The molecular formula is C24H26FN3O. The number of hydrogen-bond acceptors (Lipinski definition) is 2. The quantitative estimate of drug-likeness (QED) is 0.676. The van der Waals surface area contributed by atoms with E-state index >= 15 is 0 Å². The molecule has 0 spiro atoms. The zero-order chi connectivity index (χ0) is 20.4. The number of benzene rings is 2. The summed E-state index contributed by atoms with van der Waals surface area (Å²) in [7, 11) is 0. The minimum absolute atomic E-state index is 0.0944. The molecule has 0 atom stereocenters. The maximum Gasteiger partial charge on any atom is 0.224 e. The summed E-state index contributed by atoms with van der Waals surface area (Å²) >= 11 is 0. The average molecular weight is 391 g/mol. The summed E-state index contributed by atoms with van der Waals surface area (Å²) in [6.45, 7) is 6.88. The third kappa shape index (κ3) is 4.19. The lowest BCUT2D eigenvalue weighted by Crippen LogP contribution is -2.33. The van der Waals surface area contributed by atoms with E-state index in [1.807, 2.05) is 13.8 Å². The number of anilines is 2. The molecule has 0 saturated heterocycles. The van der Waals surface area contributed by atoms with Crippen LogP contribution in [0.1, 0.15) is 28.8 Å². The van der Waals surface area contributed by atoms with Crippen molar-refractivity contribution < 1.29 is 9.18 Å². The van der Waals surface area contributed by atoms with E-state index in [0.29, 0.717) is 12.0 Å². The van der Waals surface area contributed by atoms with Crippen molar-refractivity contribution in [3.63, 3.8) is 0 Å². The average Bonchev–Trinajstić information content (AvgIpc) is 3.18. The highest BCUT2D eigenvalue weighted by atomic mass is 19.1. The minimum Gasteiger partial charge on any atom is -0.364 e. The van der Waals surface area contributed by atoms with Crippen LogP contribution in [0.15, 0.2) is 54.7 Å². The Balaban J connectivity index is 1.43. The Bertz CT molecular complexity index is 1020. The van der Waals surface area contributed by atoms with Gasteiger partial charge < -0.3 is 14.8 Å². The first-order chi connectivity index (χ1) is 14.0. The van der Waals surface area contributed by atoms with Crippen molar-refractivity contribution >= 4 is 17.3 Å². The SMILES string of the molecule is Cc1cc(N2CCn3cccc3C2)cc(C)c1NC(=O)CCc1ccccc1F. The van der Waals surface area contributed by atoms with Crippen LogP contribution < -0.4 is 10.2 Å². The number of rotatable bonds is 5. The van der Waals surface area contributed by atoms with Gasteiger partial charge in [0.05, 0.1) is 6.54 Å². The molecule has 0 unspecified atom stereocenters. The molecule has 29 heavy (non-hydrogen) atoms. The predicted octanol–water partition coefficient (Wildman–Crippen LogP) is 4.84. The van der Waals surface area contributed by atoms with Crippen LogP contribution in [0.5, 0.6) is 0 Å². The van der Waals surface area contributed by atoms with Gasteiger partial charge >= 0.3 is 0 Å². The van der Waals surface area contributed by atoms with Gasteiger partial charge in [0.25, 0.3) is 0 Å². The number of nitrogens with one attached hydrogen (secondary N) is 1. The number of aryl methyl sites for hydroxylation is 3. The van der Waals surface area contributed by atoms with Gasteiger partial charge in [-0.3, -0.25) is 4.79 Å². The van der Waals surface area contributed by atoms with Crippen molar-refractivity contribution in [2.24, 2.45) is 0 Å². The van der Waals surface area contributed by atoms with Crippen LogP contribution in [0, 0.1) is 19.7 Å². The van der Waals surface area contributed by atoms with Crippen molar-refractivity contribution in [2.75, 3.05) is 16.8 Å². The third-order valence-corrected chi connectivity index (χ3v) is 5.61. The number of nitrogens with zero attached hydrogens (tertiary/aromatic N) is 2. The Kier molecular flexibility index (Phi) is 5.38. The van der Waals surface area contributed by atoms with Gasteiger partial charge in [-0.2, -0.15) is 0 Å². The highest BCUT2D eigenvalue weighted by molar-refractivity contribution is 5.93. The van der Waals surface area contributed by atoms with E-state index in [9.17, 15) is 9.18 Å². The summed E-state index contributed by atoms with van der Waals surface area (Å²) in [4.78, 5) is 14.8. The molecule has 0 saturated carbocycles. The van der Waals surface area contributed by atoms with Gasteiger partial charge in [0.1, 0.15) is 5.82 Å². The van der Waals surface area contributed by atoms with Crippen molar-refractivity contribution in [1.82, 2.24) is 4.57 Å². The Morgan fingerprint density at radius 2 is 1.83 bits per heavy atom. The molecule has 1 amide bonds. The maximum atomic E-state index is 13.8. The molecule has 1 aliphatic rings. The van der Waals surface area contributed by atoms with Gasteiger partial charge in [0, 0.05) is 42.8 Å². The van der Waals surface area contributed by atoms with Crippen LogP contribution in [0.4, 0.5) is 15.8 Å². The van der Waals surface area contributed by atoms with E-state index in [1.165, 1.54) is 17.4 Å². The van der Waals surface area contributed by atoms with Crippen LogP contribution in [-0.2, 0) is 24.3 Å². The number of aromatic nitrogens is 1. The molecule has 3 aromatic rings. The van der Waals surface area contributed by atoms with E-state index in [-0.39, 0.29) is 18.1 Å². The van der Waals surface area contributed by atoms with Gasteiger partial charge in [-0.1, -0.05) is 18.2 Å². The first kappa shape index (κ1) is 19.2. The second-order valence-electron chi connectivity index (χ2n) is 7.71. The predicted molar refractivity (Wildman–Crippen MR) is 115 cm³/mol. The normalized spacial score (nSPS) is 13.3. The van der Waals surface area contributed by atoms with Gasteiger partial charge in [-0.25, -0.2) is 4.39 Å². The molecule has 1 N–H and O–H groups in total. The first-order valence-electron chi connectivity index (χ1n) is 10.0. The van der Waals surface area contributed by atoms with Crippen molar-refractivity contribution in [3.05, 3.63) is 82.9 Å². The summed E-state index contributed by atoms with van der Waals surface area (Å²) < 4.78 is 16.0. The largest absolute Gasteiger partial charge is 0.364 e. The van der Waals surface area contributed by atoms with Gasteiger partial charge in [0.2, 0.25) is 5.91 Å². The molecule has 0 fully saturated rings. The van der Waals surface area contributed by atoms with Crippen LogP contribution in [0.2, 0.25) is 0 Å². The molecule has 0 bridgehead atoms. The van der Waals surface area contributed by atoms with Crippen molar-refractivity contribution in [3.8, 4) is 0 Å². The molecule has 0 aliphatic carbocycles. The van der Waals surface area contributed by atoms with Crippen LogP contribution in [0.3, 0.4) is 0 Å². The molecule has 2 heterocycles. The number of fused-ring (bicyclic) bond motifs is 1. The summed E-state index contributed by atoms with van der Waals surface area (Å²) in [6.07, 6.45) is 2.77. The molecular weight excluding hydrogens is 365 g/mol. The van der Waals surface area contributed by atoms with Crippen molar-refractivity contribution in [1.29, 1.82) is 0 Å². The number of carbonyl (C=O) groups excluding carboxylic acids is 1. The monoisotopic (exact) mass is 391 g/mol. The van der Waals surface area contributed by atoms with Crippen LogP contribution in [-0.4, -0.2) is 17.0 Å². The lowest BCUT2D eigenvalue weighted by Gasteiger charge is -2.31. The fourth-order valence-corrected chi connectivity index (χ4v) is 4.01. The lowest BCUT2D eigenvalue weighted by atomic mass is 10.1. The molecule has 5 heteroatoms. The summed E-state index contributed by atoms with van der Waals surface area (Å²) in [5.74, 6) is -0.354. The molecule has 4 rings (SSSR count). The standard InChI is InChI=1S/C24H26FN3O/c1-17-14-21(28-13-12-27-11-5-7-20(27)16-28)15-18(2)24(17)26-23(29)10-9-19-6-3-4-8-22(19)25/h3-8,11,14-15H,9-10,12-13,16H2,1-2H3,(H,26,29). The highest BCUT2D eigenvalue weighted by Gasteiger charge is 2.18.